The zero-order valence-corrected chi connectivity index (χ0v) is 16.2. The summed E-state index contributed by atoms with van der Waals surface area (Å²) in [5.41, 5.74) is -0.398. The van der Waals surface area contributed by atoms with Gasteiger partial charge in [-0.15, -0.1) is 0 Å². The molecule has 2 aromatic rings. The van der Waals surface area contributed by atoms with E-state index in [1.807, 2.05) is 4.90 Å². The Bertz CT molecular complexity index is 939. The maximum Gasteiger partial charge on any atom is 0.418 e. The molecule has 0 unspecified atom stereocenters. The summed E-state index contributed by atoms with van der Waals surface area (Å²) >= 11 is 0. The van der Waals surface area contributed by atoms with Crippen molar-refractivity contribution in [1.29, 1.82) is 0 Å². The van der Waals surface area contributed by atoms with E-state index in [2.05, 4.69) is 15.6 Å². The van der Waals surface area contributed by atoms with Crippen molar-refractivity contribution >= 4 is 22.5 Å². The normalized spacial score (nSPS) is 27.4. The van der Waals surface area contributed by atoms with Crippen molar-refractivity contribution < 1.29 is 27.1 Å². The first kappa shape index (κ1) is 20.8. The van der Waals surface area contributed by atoms with Crippen LogP contribution in [0.15, 0.2) is 30.5 Å². The molecule has 4 rings (SSSR count). The van der Waals surface area contributed by atoms with Gasteiger partial charge in [0, 0.05) is 36.9 Å². The van der Waals surface area contributed by atoms with E-state index in [0.29, 0.717) is 24.2 Å². The summed E-state index contributed by atoms with van der Waals surface area (Å²) in [4.78, 5) is 18.4. The second-order valence-electron chi connectivity index (χ2n) is 7.66. The molecule has 0 spiro atoms. The Labute approximate surface area is 170 Å². The first-order valence-electron chi connectivity index (χ1n) is 9.74. The predicted octanol–water partition coefficient (Wildman–Crippen LogP) is 2.27. The zero-order valence-electron chi connectivity index (χ0n) is 16.2. The molecular weight excluding hydrogens is 404 g/mol. The molecule has 1 aromatic carbocycles. The van der Waals surface area contributed by atoms with Gasteiger partial charge < -0.3 is 20.3 Å². The number of rotatable bonds is 3. The van der Waals surface area contributed by atoms with Gasteiger partial charge >= 0.3 is 6.18 Å². The third-order valence-corrected chi connectivity index (χ3v) is 5.41. The summed E-state index contributed by atoms with van der Waals surface area (Å²) in [7, 11) is 0. The number of aromatic nitrogens is 1. The number of amides is 1. The van der Waals surface area contributed by atoms with E-state index in [1.165, 1.54) is 12.3 Å². The fourth-order valence-corrected chi connectivity index (χ4v) is 4.02. The number of hydrogen-bond donors (Lipinski definition) is 2. The van der Waals surface area contributed by atoms with Crippen LogP contribution < -0.4 is 15.5 Å². The Morgan fingerprint density at radius 3 is 2.77 bits per heavy atom. The Morgan fingerprint density at radius 1 is 1.27 bits per heavy atom. The van der Waals surface area contributed by atoms with Crippen LogP contribution in [0, 0.1) is 0 Å². The highest BCUT2D eigenvalue weighted by Crippen LogP contribution is 2.38. The van der Waals surface area contributed by atoms with Gasteiger partial charge in [0.15, 0.2) is 6.10 Å². The number of carbonyl (C=O) groups is 1. The van der Waals surface area contributed by atoms with Crippen molar-refractivity contribution in [2.24, 2.45) is 0 Å². The van der Waals surface area contributed by atoms with Crippen LogP contribution in [0.25, 0.3) is 10.9 Å². The smallest absolute Gasteiger partial charge is 0.365 e. The minimum absolute atomic E-state index is 0.139. The van der Waals surface area contributed by atoms with Crippen molar-refractivity contribution in [3.63, 3.8) is 0 Å². The largest absolute Gasteiger partial charge is 0.418 e. The maximum absolute atomic E-state index is 13.8. The SMILES string of the molecule is C[C@@H]1CN(c2ccc(C(F)(F)F)c3ncccc23)C[C@H](C(=O)N[C@H]2CNC[C@H]2F)O1. The lowest BCUT2D eigenvalue weighted by molar-refractivity contribution is -0.138. The Hall–Kier alpha value is -2.46. The molecule has 0 radical (unpaired) electrons. The summed E-state index contributed by atoms with van der Waals surface area (Å²) in [6.07, 6.45) is -5.58. The molecule has 10 heteroatoms. The molecule has 2 N–H and O–H groups in total. The number of ether oxygens (including phenoxy) is 1. The third kappa shape index (κ3) is 4.06. The van der Waals surface area contributed by atoms with Gasteiger partial charge in [-0.2, -0.15) is 13.2 Å². The molecule has 6 nitrogen and oxygen atoms in total. The first-order valence-corrected chi connectivity index (χ1v) is 9.74. The number of hydrogen-bond acceptors (Lipinski definition) is 5. The zero-order chi connectivity index (χ0) is 21.5. The Balaban J connectivity index is 1.61. The average Bonchev–Trinajstić information content (AvgIpc) is 3.10. The van der Waals surface area contributed by atoms with Gasteiger partial charge in [0.25, 0.3) is 5.91 Å². The molecule has 0 aliphatic carbocycles. The van der Waals surface area contributed by atoms with Crippen LogP contribution >= 0.6 is 0 Å². The number of nitrogens with one attached hydrogen (secondary N) is 2. The number of halogens is 4. The molecule has 2 aliphatic rings. The molecule has 2 saturated heterocycles. The van der Waals surface area contributed by atoms with Crippen LogP contribution in [-0.4, -0.2) is 61.5 Å². The van der Waals surface area contributed by atoms with Gasteiger partial charge in [-0.1, -0.05) is 0 Å². The van der Waals surface area contributed by atoms with Crippen molar-refractivity contribution in [2.45, 2.75) is 37.5 Å². The summed E-state index contributed by atoms with van der Waals surface area (Å²) < 4.78 is 59.7. The van der Waals surface area contributed by atoms with Gasteiger partial charge in [0.2, 0.25) is 0 Å². The molecule has 0 bridgehead atoms. The van der Waals surface area contributed by atoms with Gasteiger partial charge in [-0.05, 0) is 31.2 Å². The maximum atomic E-state index is 13.8. The molecule has 4 atom stereocenters. The molecule has 162 valence electrons. The van der Waals surface area contributed by atoms with Crippen LogP contribution in [0.3, 0.4) is 0 Å². The molecule has 0 saturated carbocycles. The minimum atomic E-state index is -4.52. The molecule has 3 heterocycles. The third-order valence-electron chi connectivity index (χ3n) is 5.41. The van der Waals surface area contributed by atoms with Gasteiger partial charge in [0.05, 0.1) is 29.8 Å². The summed E-state index contributed by atoms with van der Waals surface area (Å²) in [6.45, 7) is 2.85. The number of morpholine rings is 1. The number of fused-ring (bicyclic) bond motifs is 1. The predicted molar refractivity (Wildman–Crippen MR) is 103 cm³/mol. The van der Waals surface area contributed by atoms with E-state index in [4.69, 9.17) is 4.74 Å². The molecule has 1 amide bonds. The Morgan fingerprint density at radius 2 is 2.07 bits per heavy atom. The lowest BCUT2D eigenvalue weighted by Crippen LogP contribution is -2.55. The summed E-state index contributed by atoms with van der Waals surface area (Å²) in [5.74, 6) is -0.433. The van der Waals surface area contributed by atoms with Crippen molar-refractivity contribution in [3.05, 3.63) is 36.0 Å². The highest BCUT2D eigenvalue weighted by molar-refractivity contribution is 5.94. The van der Waals surface area contributed by atoms with E-state index in [1.54, 1.807) is 19.1 Å². The average molecular weight is 426 g/mol. The summed E-state index contributed by atoms with van der Waals surface area (Å²) in [6, 6.07) is 4.95. The number of alkyl halides is 4. The number of pyridine rings is 1. The van der Waals surface area contributed by atoms with Crippen molar-refractivity contribution in [3.8, 4) is 0 Å². The van der Waals surface area contributed by atoms with Crippen LogP contribution in [0.1, 0.15) is 12.5 Å². The molecule has 1 aromatic heterocycles. The van der Waals surface area contributed by atoms with E-state index < -0.39 is 36.0 Å². The lowest BCUT2D eigenvalue weighted by atomic mass is 10.0. The van der Waals surface area contributed by atoms with Crippen LogP contribution in [-0.2, 0) is 15.7 Å². The number of benzene rings is 1. The molecular formula is C20H22F4N4O2. The quantitative estimate of drug-likeness (QED) is 0.738. The monoisotopic (exact) mass is 426 g/mol. The number of anilines is 1. The highest BCUT2D eigenvalue weighted by atomic mass is 19.4. The first-order chi connectivity index (χ1) is 14.2. The summed E-state index contributed by atoms with van der Waals surface area (Å²) in [5, 5.41) is 5.89. The standard InChI is InChI=1S/C20H22F4N4O2/c1-11-9-28(10-17(30-11)19(29)27-15-8-25-7-14(15)21)16-5-4-13(20(22,23)24)18-12(16)3-2-6-26-18/h2-6,11,14-15,17,25H,7-10H2,1H3,(H,27,29)/t11-,14-,15+,17-/m1/s1. The van der Waals surface area contributed by atoms with Crippen molar-refractivity contribution in [1.82, 2.24) is 15.6 Å². The fourth-order valence-electron chi connectivity index (χ4n) is 4.02. The van der Waals surface area contributed by atoms with Gasteiger partial charge in [-0.25, -0.2) is 4.39 Å². The minimum Gasteiger partial charge on any atom is -0.365 e. The topological polar surface area (TPSA) is 66.5 Å². The fraction of sp³-hybridized carbons (Fsp3) is 0.500. The van der Waals surface area contributed by atoms with E-state index >= 15 is 0 Å². The van der Waals surface area contributed by atoms with E-state index in [-0.39, 0.29) is 24.7 Å². The number of carbonyl (C=O) groups excluding carboxylic acids is 1. The number of nitrogens with zero attached hydrogens (tertiary/aromatic N) is 2. The second kappa shape index (κ2) is 7.99. The van der Waals surface area contributed by atoms with Gasteiger partial charge in [-0.3, -0.25) is 9.78 Å². The van der Waals surface area contributed by atoms with Crippen LogP contribution in [0.4, 0.5) is 23.2 Å². The van der Waals surface area contributed by atoms with E-state index in [9.17, 15) is 22.4 Å². The van der Waals surface area contributed by atoms with Crippen molar-refractivity contribution in [2.75, 3.05) is 31.1 Å². The lowest BCUT2D eigenvalue weighted by Gasteiger charge is -2.38. The molecule has 2 fully saturated rings. The van der Waals surface area contributed by atoms with E-state index in [0.717, 1.165) is 6.07 Å². The molecule has 2 aliphatic heterocycles. The highest BCUT2D eigenvalue weighted by Gasteiger charge is 2.37. The second-order valence-corrected chi connectivity index (χ2v) is 7.66. The van der Waals surface area contributed by atoms with Crippen LogP contribution in [0.5, 0.6) is 0 Å². The Kier molecular flexibility index (Phi) is 5.54. The van der Waals surface area contributed by atoms with Gasteiger partial charge in [0.1, 0.15) is 6.17 Å². The van der Waals surface area contributed by atoms with Crippen LogP contribution in [0.2, 0.25) is 0 Å². The molecule has 30 heavy (non-hydrogen) atoms.